The predicted octanol–water partition coefficient (Wildman–Crippen LogP) is 3.30. The molecule has 0 amide bonds. The van der Waals surface area contributed by atoms with Crippen LogP contribution in [0, 0.1) is 0 Å². The highest BCUT2D eigenvalue weighted by Gasteiger charge is 2.50. The van der Waals surface area contributed by atoms with E-state index in [4.69, 9.17) is 14.5 Å². The van der Waals surface area contributed by atoms with Gasteiger partial charge in [-0.15, -0.1) is 0 Å². The summed E-state index contributed by atoms with van der Waals surface area (Å²) in [6.07, 6.45) is 0.0217. The number of nitrogens with zero attached hydrogens (tertiary/aromatic N) is 2. The van der Waals surface area contributed by atoms with E-state index in [1.54, 1.807) is 24.5 Å². The normalized spacial score (nSPS) is 17.5. The zero-order valence-corrected chi connectivity index (χ0v) is 20.6. The van der Waals surface area contributed by atoms with Gasteiger partial charge in [0.1, 0.15) is 6.61 Å². The van der Waals surface area contributed by atoms with E-state index < -0.39 is 23.5 Å². The van der Waals surface area contributed by atoms with Crippen molar-refractivity contribution in [2.24, 2.45) is 0 Å². The van der Waals surface area contributed by atoms with E-state index in [1.165, 1.54) is 0 Å². The van der Waals surface area contributed by atoms with Gasteiger partial charge in [-0.25, -0.2) is 14.6 Å². The summed E-state index contributed by atoms with van der Waals surface area (Å²) >= 11 is 0. The van der Waals surface area contributed by atoms with Crippen molar-refractivity contribution < 1.29 is 33.6 Å². The van der Waals surface area contributed by atoms with Crippen LogP contribution in [0.2, 0.25) is 0 Å². The largest absolute Gasteiger partial charge is 0.457 e. The van der Waals surface area contributed by atoms with Crippen LogP contribution >= 0.6 is 0 Å². The summed E-state index contributed by atoms with van der Waals surface area (Å²) in [5.41, 5.74) is 1.40. The van der Waals surface area contributed by atoms with Crippen molar-refractivity contribution >= 4 is 28.8 Å². The van der Waals surface area contributed by atoms with Gasteiger partial charge in [0.2, 0.25) is 5.60 Å². The van der Waals surface area contributed by atoms with E-state index in [0.29, 0.717) is 23.5 Å². The Kier molecular flexibility index (Phi) is 6.51. The highest BCUT2D eigenvalue weighted by molar-refractivity contribution is 5.88. The molecule has 0 saturated heterocycles. The average Bonchev–Trinajstić information content (AvgIpc) is 3.25. The fourth-order valence-corrected chi connectivity index (χ4v) is 4.87. The Bertz CT molecular complexity index is 1480. The molecule has 0 spiro atoms. The third-order valence-electron chi connectivity index (χ3n) is 6.70. The van der Waals surface area contributed by atoms with Gasteiger partial charge in [-0.3, -0.25) is 14.5 Å². The van der Waals surface area contributed by atoms with Crippen LogP contribution in [-0.2, 0) is 52.4 Å². The Morgan fingerprint density at radius 3 is 2.68 bits per heavy atom. The molecule has 2 aliphatic rings. The molecule has 0 aliphatic carbocycles. The van der Waals surface area contributed by atoms with E-state index in [1.807, 2.05) is 30.3 Å². The number of hydrogen-bond donors (Lipinski definition) is 0. The lowest BCUT2D eigenvalue weighted by Gasteiger charge is -2.35. The molecule has 0 bridgehead atoms. The molecule has 0 saturated carbocycles. The van der Waals surface area contributed by atoms with Gasteiger partial charge in [-0.1, -0.05) is 25.1 Å². The molecule has 3 aromatic rings. The van der Waals surface area contributed by atoms with Crippen LogP contribution in [0.4, 0.5) is 0 Å². The molecule has 0 radical (unpaired) electrons. The number of esters is 2. The summed E-state index contributed by atoms with van der Waals surface area (Å²) in [5.74, 6) is -2.04. The van der Waals surface area contributed by atoms with Crippen molar-refractivity contribution in [3.05, 3.63) is 63.4 Å². The van der Waals surface area contributed by atoms with Gasteiger partial charge in [-0.2, -0.15) is 4.89 Å². The van der Waals surface area contributed by atoms with Crippen LogP contribution in [-0.4, -0.2) is 34.1 Å². The Morgan fingerprint density at radius 1 is 1.11 bits per heavy atom. The molecule has 0 N–H and O–H groups in total. The fourth-order valence-electron chi connectivity index (χ4n) is 4.87. The number of carbonyl (C=O) groups is 3. The van der Waals surface area contributed by atoms with Crippen molar-refractivity contribution in [3.63, 3.8) is 0 Å². The third-order valence-corrected chi connectivity index (χ3v) is 6.70. The van der Waals surface area contributed by atoms with E-state index in [-0.39, 0.29) is 50.0 Å². The second-order valence-corrected chi connectivity index (χ2v) is 8.95. The van der Waals surface area contributed by atoms with Gasteiger partial charge in [-0.05, 0) is 38.0 Å². The minimum absolute atomic E-state index is 0.0550. The highest BCUT2D eigenvalue weighted by atomic mass is 17.2. The lowest BCUT2D eigenvalue weighted by molar-refractivity contribution is -0.269. The van der Waals surface area contributed by atoms with Crippen molar-refractivity contribution in [2.75, 3.05) is 6.61 Å². The maximum atomic E-state index is 13.5. The lowest BCUT2D eigenvalue weighted by atomic mass is 9.85. The number of benzene rings is 1. The van der Waals surface area contributed by atoms with Crippen LogP contribution < -0.4 is 5.56 Å². The first-order chi connectivity index (χ1) is 17.9. The molecular weight excluding hydrogens is 480 g/mol. The lowest BCUT2D eigenvalue weighted by Crippen LogP contribution is -2.47. The van der Waals surface area contributed by atoms with E-state index in [0.717, 1.165) is 16.5 Å². The molecule has 192 valence electrons. The number of rotatable bonds is 8. The molecule has 0 unspecified atom stereocenters. The molecule has 1 aromatic carbocycles. The van der Waals surface area contributed by atoms with Gasteiger partial charge >= 0.3 is 17.9 Å². The summed E-state index contributed by atoms with van der Waals surface area (Å²) < 4.78 is 12.7. The molecule has 0 fully saturated rings. The van der Waals surface area contributed by atoms with E-state index >= 15 is 0 Å². The summed E-state index contributed by atoms with van der Waals surface area (Å²) in [7, 11) is 0. The summed E-state index contributed by atoms with van der Waals surface area (Å²) in [6.45, 7) is 3.72. The zero-order valence-electron chi connectivity index (χ0n) is 20.6. The molecule has 4 heterocycles. The Labute approximate surface area is 212 Å². The minimum atomic E-state index is -1.77. The summed E-state index contributed by atoms with van der Waals surface area (Å²) in [4.78, 5) is 64.9. The fraction of sp³-hybridized carbons (Fsp3) is 0.370. The summed E-state index contributed by atoms with van der Waals surface area (Å²) in [5, 5.41) is 0.965. The maximum absolute atomic E-state index is 13.5. The Morgan fingerprint density at radius 2 is 1.89 bits per heavy atom. The number of ether oxygens (including phenoxy) is 2. The molecule has 5 rings (SSSR count). The zero-order chi connectivity index (χ0) is 26.2. The highest BCUT2D eigenvalue weighted by Crippen LogP contribution is 2.41. The maximum Gasteiger partial charge on any atom is 0.355 e. The van der Waals surface area contributed by atoms with E-state index in [2.05, 4.69) is 9.78 Å². The first kappa shape index (κ1) is 24.6. The van der Waals surface area contributed by atoms with Gasteiger partial charge < -0.3 is 14.0 Å². The molecular formula is C27H26N2O8. The van der Waals surface area contributed by atoms with Crippen LogP contribution in [0.3, 0.4) is 0 Å². The van der Waals surface area contributed by atoms with E-state index in [9.17, 15) is 19.2 Å². The smallest absolute Gasteiger partial charge is 0.355 e. The minimum Gasteiger partial charge on any atom is -0.457 e. The van der Waals surface area contributed by atoms with Crippen molar-refractivity contribution in [1.29, 1.82) is 0 Å². The number of para-hydroxylation sites is 1. The number of aromatic nitrogens is 2. The summed E-state index contributed by atoms with van der Waals surface area (Å²) in [6, 6.07) is 11.4. The number of fused-ring (bicyclic) bond motifs is 5. The van der Waals surface area contributed by atoms with Crippen LogP contribution in [0.5, 0.6) is 0 Å². The third kappa shape index (κ3) is 4.27. The number of hydrogen-bond acceptors (Lipinski definition) is 9. The van der Waals surface area contributed by atoms with Crippen LogP contribution in [0.25, 0.3) is 22.3 Å². The first-order valence-corrected chi connectivity index (χ1v) is 12.3. The SMILES string of the molecule is CCOOC(=O)CCCC(=O)O[C@]1(CC)C(=O)OCc2c1cc1n(c2=O)Cc2cc3ccccc3nc2-1. The van der Waals surface area contributed by atoms with Crippen molar-refractivity contribution in [1.82, 2.24) is 9.55 Å². The predicted molar refractivity (Wildman–Crippen MR) is 130 cm³/mol. The molecule has 2 aliphatic heterocycles. The van der Waals surface area contributed by atoms with Crippen molar-refractivity contribution in [2.45, 2.75) is 58.3 Å². The van der Waals surface area contributed by atoms with Gasteiger partial charge in [0, 0.05) is 29.4 Å². The van der Waals surface area contributed by atoms with Crippen molar-refractivity contribution in [3.8, 4) is 11.4 Å². The van der Waals surface area contributed by atoms with Gasteiger partial charge in [0.15, 0.2) is 0 Å². The topological polar surface area (TPSA) is 123 Å². The monoisotopic (exact) mass is 506 g/mol. The number of cyclic esters (lactones) is 1. The van der Waals surface area contributed by atoms with Gasteiger partial charge in [0.05, 0.1) is 35.6 Å². The molecule has 37 heavy (non-hydrogen) atoms. The molecule has 2 aromatic heterocycles. The van der Waals surface area contributed by atoms with Crippen LogP contribution in [0.15, 0.2) is 41.2 Å². The molecule has 10 nitrogen and oxygen atoms in total. The van der Waals surface area contributed by atoms with Crippen LogP contribution in [0.1, 0.15) is 56.2 Å². The standard InChI is InChI=1S/C27H26N2O8/c1-3-27(36-22(30)10-7-11-23(31)37-35-4-2)19-13-21-24-17(12-16-8-5-6-9-20(16)28-24)14-29(21)25(32)18(19)15-34-26(27)33/h5-6,8-9,12-13H,3-4,7,10-11,14-15H2,1-2H3/t27-/m0/s1. The molecule has 1 atom stereocenters. The Hall–Kier alpha value is -4.05. The van der Waals surface area contributed by atoms with Gasteiger partial charge in [0.25, 0.3) is 5.56 Å². The molecule has 10 heteroatoms. The average molecular weight is 507 g/mol. The number of carbonyl (C=O) groups excluding carboxylic acids is 3. The number of pyridine rings is 2. The second-order valence-electron chi connectivity index (χ2n) is 8.95. The second kappa shape index (κ2) is 9.78. The first-order valence-electron chi connectivity index (χ1n) is 12.3. The quantitative estimate of drug-likeness (QED) is 0.201. The Balaban J connectivity index is 1.48.